The second-order valence-corrected chi connectivity index (χ2v) is 5.15. The van der Waals surface area contributed by atoms with Crippen molar-refractivity contribution in [3.8, 4) is 0 Å². The van der Waals surface area contributed by atoms with Crippen LogP contribution in [0.5, 0.6) is 0 Å². The summed E-state index contributed by atoms with van der Waals surface area (Å²) in [4.78, 5) is 11.9. The van der Waals surface area contributed by atoms with Crippen LogP contribution in [-0.4, -0.2) is 54.2 Å². The minimum atomic E-state index is -4.48. The molecule has 20 heavy (non-hydrogen) atoms. The van der Waals surface area contributed by atoms with Gasteiger partial charge in [-0.15, -0.1) is 0 Å². The fourth-order valence-corrected chi connectivity index (χ4v) is 2.62. The van der Waals surface area contributed by atoms with Gasteiger partial charge in [-0.3, -0.25) is 0 Å². The summed E-state index contributed by atoms with van der Waals surface area (Å²) in [5.41, 5.74) is -0.695. The lowest BCUT2D eigenvalue weighted by Crippen LogP contribution is -2.53. The molecule has 3 heterocycles. The highest BCUT2D eigenvalue weighted by Crippen LogP contribution is 2.31. The van der Waals surface area contributed by atoms with E-state index in [2.05, 4.69) is 14.9 Å². The van der Waals surface area contributed by atoms with E-state index in [1.807, 2.05) is 11.9 Å². The molecule has 1 aromatic heterocycles. The Morgan fingerprint density at radius 2 is 2.15 bits per heavy atom. The number of nitrogens with zero attached hydrogens (tertiary/aromatic N) is 4. The molecule has 1 aromatic rings. The van der Waals surface area contributed by atoms with Crippen LogP contribution in [0.3, 0.4) is 0 Å². The third kappa shape index (κ3) is 2.45. The van der Waals surface area contributed by atoms with Gasteiger partial charge in [0.15, 0.2) is 11.5 Å². The molecule has 110 valence electrons. The smallest absolute Gasteiger partial charge is 0.373 e. The van der Waals surface area contributed by atoms with Crippen LogP contribution in [0.15, 0.2) is 6.20 Å². The Hall–Kier alpha value is -1.41. The predicted molar refractivity (Wildman–Crippen MR) is 65.3 cm³/mol. The number of fused-ring (bicyclic) bond motifs is 3. The summed E-state index contributed by atoms with van der Waals surface area (Å²) in [6.07, 6.45) is -3.67. The molecule has 0 amide bonds. The number of rotatable bonds is 0. The Morgan fingerprint density at radius 1 is 1.35 bits per heavy atom. The van der Waals surface area contributed by atoms with Crippen LogP contribution < -0.4 is 4.90 Å². The lowest BCUT2D eigenvalue weighted by atomic mass is 10.2. The summed E-state index contributed by atoms with van der Waals surface area (Å²) >= 11 is 0. The Morgan fingerprint density at radius 3 is 2.90 bits per heavy atom. The quantitative estimate of drug-likeness (QED) is 0.716. The van der Waals surface area contributed by atoms with Crippen LogP contribution in [0.2, 0.25) is 0 Å². The van der Waals surface area contributed by atoms with Crippen molar-refractivity contribution in [2.24, 2.45) is 0 Å². The number of aromatic nitrogens is 2. The van der Waals surface area contributed by atoms with E-state index in [-0.39, 0.29) is 18.3 Å². The number of piperazine rings is 1. The number of hydrogen-bond acceptors (Lipinski definition) is 5. The minimum absolute atomic E-state index is 0.0724. The van der Waals surface area contributed by atoms with E-state index in [0.717, 1.165) is 25.8 Å². The molecular formula is C12H15F3N4O. The summed E-state index contributed by atoms with van der Waals surface area (Å²) in [5, 5.41) is 0. The van der Waals surface area contributed by atoms with Gasteiger partial charge in [0.1, 0.15) is 5.69 Å². The molecule has 0 aromatic carbocycles. The first-order valence-electron chi connectivity index (χ1n) is 6.41. The van der Waals surface area contributed by atoms with Crippen LogP contribution in [0, 0.1) is 0 Å². The largest absolute Gasteiger partial charge is 0.434 e. The molecule has 0 unspecified atom stereocenters. The van der Waals surface area contributed by atoms with Crippen molar-refractivity contribution in [3.05, 3.63) is 17.6 Å². The summed E-state index contributed by atoms with van der Waals surface area (Å²) in [5.74, 6) is 0.522. The predicted octanol–water partition coefficient (Wildman–Crippen LogP) is 1.15. The lowest BCUT2D eigenvalue weighted by molar-refractivity contribution is -0.141. The molecule has 2 aliphatic heterocycles. The van der Waals surface area contributed by atoms with E-state index in [1.54, 1.807) is 0 Å². The maximum atomic E-state index is 12.7. The average molecular weight is 288 g/mol. The molecule has 0 bridgehead atoms. The second kappa shape index (κ2) is 4.85. The fourth-order valence-electron chi connectivity index (χ4n) is 2.62. The third-order valence-corrected chi connectivity index (χ3v) is 3.62. The topological polar surface area (TPSA) is 41.5 Å². The van der Waals surface area contributed by atoms with Crippen molar-refractivity contribution in [2.45, 2.75) is 18.8 Å². The van der Waals surface area contributed by atoms with Gasteiger partial charge in [0.2, 0.25) is 0 Å². The highest BCUT2D eigenvalue weighted by atomic mass is 19.4. The van der Waals surface area contributed by atoms with Crippen molar-refractivity contribution in [2.75, 3.05) is 38.2 Å². The molecule has 0 spiro atoms. The van der Waals surface area contributed by atoms with Crippen LogP contribution in [0.4, 0.5) is 19.0 Å². The number of anilines is 1. The second-order valence-electron chi connectivity index (χ2n) is 5.15. The van der Waals surface area contributed by atoms with Gasteiger partial charge in [0.05, 0.1) is 25.5 Å². The monoisotopic (exact) mass is 288 g/mol. The first-order valence-corrected chi connectivity index (χ1v) is 6.41. The van der Waals surface area contributed by atoms with Gasteiger partial charge in [0, 0.05) is 19.6 Å². The van der Waals surface area contributed by atoms with Gasteiger partial charge in [0.25, 0.3) is 0 Å². The molecule has 0 radical (unpaired) electrons. The Kier molecular flexibility index (Phi) is 3.29. The molecule has 1 atom stereocenters. The van der Waals surface area contributed by atoms with Crippen molar-refractivity contribution in [1.82, 2.24) is 14.9 Å². The summed E-state index contributed by atoms with van der Waals surface area (Å²) in [7, 11) is 2.02. The maximum Gasteiger partial charge on any atom is 0.434 e. The maximum absolute atomic E-state index is 12.7. The van der Waals surface area contributed by atoms with Crippen molar-refractivity contribution < 1.29 is 17.9 Å². The van der Waals surface area contributed by atoms with E-state index >= 15 is 0 Å². The van der Waals surface area contributed by atoms with Gasteiger partial charge < -0.3 is 14.5 Å². The Bertz CT molecular complexity index is 508. The van der Waals surface area contributed by atoms with E-state index in [4.69, 9.17) is 4.74 Å². The minimum Gasteiger partial charge on any atom is -0.373 e. The number of ether oxygens (including phenoxy) is 1. The van der Waals surface area contributed by atoms with Gasteiger partial charge in [-0.1, -0.05) is 0 Å². The molecule has 0 N–H and O–H groups in total. The van der Waals surface area contributed by atoms with Gasteiger partial charge >= 0.3 is 6.18 Å². The lowest BCUT2D eigenvalue weighted by Gasteiger charge is -2.39. The molecule has 5 nitrogen and oxygen atoms in total. The molecule has 8 heteroatoms. The van der Waals surface area contributed by atoms with Crippen molar-refractivity contribution >= 4 is 5.82 Å². The van der Waals surface area contributed by atoms with E-state index in [1.165, 1.54) is 0 Å². The molecular weight excluding hydrogens is 273 g/mol. The number of alkyl halides is 3. The van der Waals surface area contributed by atoms with E-state index in [0.29, 0.717) is 12.4 Å². The zero-order valence-corrected chi connectivity index (χ0v) is 11.0. The van der Waals surface area contributed by atoms with Crippen LogP contribution in [0.1, 0.15) is 11.4 Å². The first-order chi connectivity index (χ1) is 9.45. The highest BCUT2D eigenvalue weighted by molar-refractivity contribution is 5.46. The number of hydrogen-bond donors (Lipinski definition) is 0. The molecule has 0 saturated carbocycles. The third-order valence-electron chi connectivity index (χ3n) is 3.62. The Balaban J connectivity index is 1.96. The average Bonchev–Trinajstić information content (AvgIpc) is 2.55. The van der Waals surface area contributed by atoms with Crippen LogP contribution in [-0.2, 0) is 17.5 Å². The molecule has 2 aliphatic rings. The molecule has 3 rings (SSSR count). The van der Waals surface area contributed by atoms with Gasteiger partial charge in [-0.2, -0.15) is 13.2 Å². The zero-order chi connectivity index (χ0) is 14.3. The molecule has 1 saturated heterocycles. The zero-order valence-electron chi connectivity index (χ0n) is 11.0. The number of halogens is 3. The molecule has 0 aliphatic carbocycles. The normalized spacial score (nSPS) is 24.0. The van der Waals surface area contributed by atoms with Crippen LogP contribution in [0.25, 0.3) is 0 Å². The number of likely N-dealkylation sites (N-methyl/N-ethyl adjacent to an activating group) is 1. The summed E-state index contributed by atoms with van der Waals surface area (Å²) < 4.78 is 43.5. The Labute approximate surface area is 114 Å². The molecule has 1 fully saturated rings. The van der Waals surface area contributed by atoms with E-state index < -0.39 is 11.9 Å². The summed E-state index contributed by atoms with van der Waals surface area (Å²) in [6, 6.07) is 0.112. The van der Waals surface area contributed by atoms with E-state index in [9.17, 15) is 13.2 Å². The van der Waals surface area contributed by atoms with Crippen molar-refractivity contribution in [1.29, 1.82) is 0 Å². The highest BCUT2D eigenvalue weighted by Gasteiger charge is 2.36. The van der Waals surface area contributed by atoms with Gasteiger partial charge in [-0.05, 0) is 7.05 Å². The standard InChI is InChI=1S/C12H15F3N4O/c1-18-2-3-19-8(5-18)6-20-7-9-11(19)16-4-10(17-9)12(13,14)15/h4,8H,2-3,5-7H2,1H3/t8-/m1/s1. The first kappa shape index (κ1) is 13.6. The SMILES string of the molecule is CN1CCN2c3ncc(C(F)(F)F)nc3COC[C@H]2C1. The fraction of sp³-hybridized carbons (Fsp3) is 0.667. The van der Waals surface area contributed by atoms with Crippen LogP contribution >= 0.6 is 0 Å². The van der Waals surface area contributed by atoms with Crippen molar-refractivity contribution in [3.63, 3.8) is 0 Å². The summed E-state index contributed by atoms with van der Waals surface area (Å²) in [6.45, 7) is 2.92. The van der Waals surface area contributed by atoms with Gasteiger partial charge in [-0.25, -0.2) is 9.97 Å².